The molecule has 2 heterocycles. The van der Waals surface area contributed by atoms with Crippen molar-refractivity contribution in [2.24, 2.45) is 0 Å². The average Bonchev–Trinajstić information content (AvgIpc) is 2.98. The lowest BCUT2D eigenvalue weighted by atomic mass is 10.3. The van der Waals surface area contributed by atoms with Crippen molar-refractivity contribution in [2.75, 3.05) is 18.4 Å². The lowest BCUT2D eigenvalue weighted by molar-refractivity contribution is 0.581. The Hall–Kier alpha value is -1.51. The van der Waals surface area contributed by atoms with Gasteiger partial charge in [-0.1, -0.05) is 6.92 Å². The van der Waals surface area contributed by atoms with Gasteiger partial charge in [-0.25, -0.2) is 18.1 Å². The van der Waals surface area contributed by atoms with E-state index < -0.39 is 10.0 Å². The van der Waals surface area contributed by atoms with E-state index in [1.165, 1.54) is 17.5 Å². The molecule has 0 unspecified atom stereocenters. The summed E-state index contributed by atoms with van der Waals surface area (Å²) in [5, 5.41) is 5.01. The van der Waals surface area contributed by atoms with Crippen LogP contribution in [0, 0.1) is 0 Å². The Morgan fingerprint density at radius 1 is 1.33 bits per heavy atom. The highest BCUT2D eigenvalue weighted by atomic mass is 32.2. The molecule has 8 heteroatoms. The third-order valence-corrected chi connectivity index (χ3v) is 4.92. The van der Waals surface area contributed by atoms with Crippen LogP contribution in [0.25, 0.3) is 0 Å². The van der Waals surface area contributed by atoms with E-state index in [4.69, 9.17) is 0 Å². The molecule has 114 valence electrons. The van der Waals surface area contributed by atoms with Gasteiger partial charge in [0, 0.05) is 37.3 Å². The van der Waals surface area contributed by atoms with Crippen LogP contribution in [0.1, 0.15) is 19.0 Å². The summed E-state index contributed by atoms with van der Waals surface area (Å²) in [6.07, 6.45) is 4.43. The highest BCUT2D eigenvalue weighted by Gasteiger charge is 2.18. The molecule has 2 aromatic heterocycles. The summed E-state index contributed by atoms with van der Waals surface area (Å²) in [7, 11) is -3.57. The Labute approximate surface area is 128 Å². The van der Waals surface area contributed by atoms with Gasteiger partial charge in [-0.05, 0) is 12.5 Å². The van der Waals surface area contributed by atoms with Crippen LogP contribution >= 0.6 is 11.3 Å². The largest absolute Gasteiger partial charge is 0.384 e. The fourth-order valence-electron chi connectivity index (χ4n) is 1.75. The average molecular weight is 326 g/mol. The minimum atomic E-state index is -3.57. The van der Waals surface area contributed by atoms with Gasteiger partial charge in [-0.3, -0.25) is 4.98 Å². The molecular weight excluding hydrogens is 308 g/mol. The Balaban J connectivity index is 2.04. The summed E-state index contributed by atoms with van der Waals surface area (Å²) >= 11 is 1.50. The van der Waals surface area contributed by atoms with E-state index in [0.29, 0.717) is 25.2 Å². The zero-order valence-electron chi connectivity index (χ0n) is 11.7. The SMILES string of the molecule is CCCNc1ccncc1S(=O)(=O)NCCc1cscn1. The molecular formula is C13H18N4O2S2. The second-order valence-electron chi connectivity index (χ2n) is 4.43. The molecule has 0 saturated carbocycles. The zero-order valence-corrected chi connectivity index (χ0v) is 13.4. The molecule has 0 fully saturated rings. The van der Waals surface area contributed by atoms with E-state index in [-0.39, 0.29) is 4.90 Å². The molecule has 0 saturated heterocycles. The van der Waals surface area contributed by atoms with Crippen molar-refractivity contribution < 1.29 is 8.42 Å². The first kappa shape index (κ1) is 15.9. The molecule has 2 aromatic rings. The molecule has 0 aromatic carbocycles. The monoisotopic (exact) mass is 326 g/mol. The quantitative estimate of drug-likeness (QED) is 0.774. The molecule has 0 amide bonds. The van der Waals surface area contributed by atoms with Gasteiger partial charge >= 0.3 is 0 Å². The third-order valence-electron chi connectivity index (χ3n) is 2.80. The molecule has 0 aliphatic heterocycles. The second kappa shape index (κ2) is 7.48. The lowest BCUT2D eigenvalue weighted by Gasteiger charge is -2.12. The van der Waals surface area contributed by atoms with E-state index >= 15 is 0 Å². The van der Waals surface area contributed by atoms with Crippen LogP contribution in [0.5, 0.6) is 0 Å². The maximum atomic E-state index is 12.3. The standard InChI is InChI=1S/C13H18N4O2S2/c1-2-5-15-12-4-6-14-8-13(12)21(18,19)17-7-3-11-9-20-10-16-11/h4,6,8-10,17H,2-3,5,7H2,1H3,(H,14,15). The van der Waals surface area contributed by atoms with Gasteiger partial charge < -0.3 is 5.32 Å². The van der Waals surface area contributed by atoms with Crippen LogP contribution in [0.2, 0.25) is 0 Å². The van der Waals surface area contributed by atoms with Gasteiger partial charge in [0.1, 0.15) is 4.90 Å². The summed E-state index contributed by atoms with van der Waals surface area (Å²) < 4.78 is 27.3. The second-order valence-corrected chi connectivity index (χ2v) is 6.88. The molecule has 0 radical (unpaired) electrons. The van der Waals surface area contributed by atoms with Gasteiger partial charge in [0.15, 0.2) is 0 Å². The summed E-state index contributed by atoms with van der Waals surface area (Å²) in [5.74, 6) is 0. The number of anilines is 1. The number of hydrogen-bond donors (Lipinski definition) is 2. The van der Waals surface area contributed by atoms with Crippen LogP contribution in [0.15, 0.2) is 34.2 Å². The molecule has 21 heavy (non-hydrogen) atoms. The number of nitrogens with zero attached hydrogens (tertiary/aromatic N) is 2. The third kappa shape index (κ3) is 4.48. The smallest absolute Gasteiger partial charge is 0.244 e. The molecule has 0 atom stereocenters. The fourth-order valence-corrected chi connectivity index (χ4v) is 3.50. The Bertz CT molecular complexity index is 657. The van der Waals surface area contributed by atoms with Gasteiger partial charge in [-0.15, -0.1) is 11.3 Å². The number of sulfonamides is 1. The molecule has 6 nitrogen and oxygen atoms in total. The van der Waals surface area contributed by atoms with Crippen molar-refractivity contribution in [3.63, 3.8) is 0 Å². The van der Waals surface area contributed by atoms with E-state index in [1.807, 2.05) is 12.3 Å². The predicted molar refractivity (Wildman–Crippen MR) is 84.0 cm³/mol. The predicted octanol–water partition coefficient (Wildman–Crippen LogP) is 1.88. The summed E-state index contributed by atoms with van der Waals surface area (Å²) in [4.78, 5) is 8.21. The summed E-state index contributed by atoms with van der Waals surface area (Å²) in [5.41, 5.74) is 3.20. The van der Waals surface area contributed by atoms with Crippen LogP contribution in [0.3, 0.4) is 0 Å². The van der Waals surface area contributed by atoms with Gasteiger partial charge in [0.25, 0.3) is 0 Å². The van der Waals surface area contributed by atoms with Gasteiger partial charge in [-0.2, -0.15) is 0 Å². The minimum absolute atomic E-state index is 0.178. The molecule has 2 rings (SSSR count). The summed E-state index contributed by atoms with van der Waals surface area (Å²) in [6, 6.07) is 1.67. The highest BCUT2D eigenvalue weighted by molar-refractivity contribution is 7.89. The van der Waals surface area contributed by atoms with Crippen molar-refractivity contribution in [3.05, 3.63) is 35.0 Å². The van der Waals surface area contributed by atoms with Gasteiger partial charge in [0.2, 0.25) is 10.0 Å². The maximum absolute atomic E-state index is 12.3. The molecule has 0 spiro atoms. The van der Waals surface area contributed by atoms with Crippen LogP contribution in [-0.2, 0) is 16.4 Å². The van der Waals surface area contributed by atoms with Gasteiger partial charge in [0.05, 0.1) is 16.9 Å². The first-order valence-electron chi connectivity index (χ1n) is 6.68. The van der Waals surface area contributed by atoms with Crippen molar-refractivity contribution >= 4 is 27.0 Å². The highest BCUT2D eigenvalue weighted by Crippen LogP contribution is 2.19. The van der Waals surface area contributed by atoms with Crippen molar-refractivity contribution in [1.29, 1.82) is 0 Å². The lowest BCUT2D eigenvalue weighted by Crippen LogP contribution is -2.27. The van der Waals surface area contributed by atoms with E-state index in [0.717, 1.165) is 12.1 Å². The number of thiazole rings is 1. The van der Waals surface area contributed by atoms with E-state index in [1.54, 1.807) is 17.8 Å². The Kier molecular flexibility index (Phi) is 5.66. The first-order chi connectivity index (χ1) is 10.1. The number of aromatic nitrogens is 2. The maximum Gasteiger partial charge on any atom is 0.244 e. The van der Waals surface area contributed by atoms with Crippen molar-refractivity contribution in [1.82, 2.24) is 14.7 Å². The molecule has 0 bridgehead atoms. The zero-order chi connectivity index (χ0) is 15.1. The molecule has 0 aliphatic rings. The van der Waals surface area contributed by atoms with E-state index in [2.05, 4.69) is 20.0 Å². The van der Waals surface area contributed by atoms with Crippen LogP contribution in [0.4, 0.5) is 5.69 Å². The summed E-state index contributed by atoms with van der Waals surface area (Å²) in [6.45, 7) is 3.05. The Morgan fingerprint density at radius 3 is 2.90 bits per heavy atom. The van der Waals surface area contributed by atoms with Crippen LogP contribution < -0.4 is 10.0 Å². The van der Waals surface area contributed by atoms with Crippen LogP contribution in [-0.4, -0.2) is 31.5 Å². The fraction of sp³-hybridized carbons (Fsp3) is 0.385. The topological polar surface area (TPSA) is 84.0 Å². The van der Waals surface area contributed by atoms with E-state index in [9.17, 15) is 8.42 Å². The number of nitrogens with one attached hydrogen (secondary N) is 2. The molecule has 0 aliphatic carbocycles. The molecule has 2 N–H and O–H groups in total. The normalized spacial score (nSPS) is 11.5. The first-order valence-corrected chi connectivity index (χ1v) is 9.10. The number of hydrogen-bond acceptors (Lipinski definition) is 6. The Morgan fingerprint density at radius 2 is 2.19 bits per heavy atom. The number of pyridine rings is 1. The minimum Gasteiger partial charge on any atom is -0.384 e. The van der Waals surface area contributed by atoms with Crippen molar-refractivity contribution in [2.45, 2.75) is 24.7 Å². The van der Waals surface area contributed by atoms with Crippen molar-refractivity contribution in [3.8, 4) is 0 Å². The number of rotatable bonds is 8.